The maximum Gasteiger partial charge on any atom is 0.171 e. The quantitative estimate of drug-likeness (QED) is 0.813. The predicted molar refractivity (Wildman–Crippen MR) is 69.9 cm³/mol. The first kappa shape index (κ1) is 11.7. The van der Waals surface area contributed by atoms with Crippen LogP contribution in [0.4, 0.5) is 0 Å². The minimum absolute atomic E-state index is 0.0171. The molecular weight excluding hydrogens is 226 g/mol. The highest BCUT2D eigenvalue weighted by atomic mass is 16.5. The van der Waals surface area contributed by atoms with Gasteiger partial charge in [0.1, 0.15) is 5.75 Å². The minimum Gasteiger partial charge on any atom is -0.492 e. The van der Waals surface area contributed by atoms with Crippen molar-refractivity contribution in [1.82, 2.24) is 0 Å². The SMILES string of the molecule is NC1CCCCC1C(=O)c1cccc2c1OCC2. The molecule has 1 aliphatic carbocycles. The van der Waals surface area contributed by atoms with Crippen molar-refractivity contribution in [2.45, 2.75) is 38.1 Å². The van der Waals surface area contributed by atoms with Crippen molar-refractivity contribution in [3.8, 4) is 5.75 Å². The van der Waals surface area contributed by atoms with Gasteiger partial charge in [-0.2, -0.15) is 0 Å². The monoisotopic (exact) mass is 245 g/mol. The number of benzene rings is 1. The molecule has 0 amide bonds. The van der Waals surface area contributed by atoms with Crippen LogP contribution in [0.15, 0.2) is 18.2 Å². The Hall–Kier alpha value is -1.35. The first-order valence-corrected chi connectivity index (χ1v) is 6.82. The number of fused-ring (bicyclic) bond motifs is 1. The van der Waals surface area contributed by atoms with E-state index in [1.54, 1.807) is 0 Å². The summed E-state index contributed by atoms with van der Waals surface area (Å²) in [6.45, 7) is 0.691. The normalized spacial score (nSPS) is 26.5. The smallest absolute Gasteiger partial charge is 0.171 e. The van der Waals surface area contributed by atoms with Crippen LogP contribution in [0.1, 0.15) is 41.6 Å². The van der Waals surface area contributed by atoms with Crippen molar-refractivity contribution < 1.29 is 9.53 Å². The summed E-state index contributed by atoms with van der Waals surface area (Å²) in [6.07, 6.45) is 5.05. The lowest BCUT2D eigenvalue weighted by Crippen LogP contribution is -2.38. The predicted octanol–water partition coefficient (Wildman–Crippen LogP) is 2.32. The van der Waals surface area contributed by atoms with Gasteiger partial charge in [-0.25, -0.2) is 0 Å². The zero-order chi connectivity index (χ0) is 12.5. The van der Waals surface area contributed by atoms with Gasteiger partial charge < -0.3 is 10.5 Å². The molecule has 1 aliphatic heterocycles. The van der Waals surface area contributed by atoms with Crippen LogP contribution in [0.3, 0.4) is 0 Å². The Kier molecular flexibility index (Phi) is 3.08. The Bertz CT molecular complexity index is 470. The number of ketones is 1. The van der Waals surface area contributed by atoms with Crippen LogP contribution in [-0.4, -0.2) is 18.4 Å². The van der Waals surface area contributed by atoms with Crippen LogP contribution in [0.5, 0.6) is 5.75 Å². The average molecular weight is 245 g/mol. The molecule has 2 unspecified atom stereocenters. The first-order chi connectivity index (χ1) is 8.77. The molecule has 3 rings (SSSR count). The molecule has 1 aromatic carbocycles. The molecule has 1 saturated carbocycles. The van der Waals surface area contributed by atoms with E-state index >= 15 is 0 Å². The van der Waals surface area contributed by atoms with Gasteiger partial charge in [-0.3, -0.25) is 4.79 Å². The summed E-state index contributed by atoms with van der Waals surface area (Å²) in [7, 11) is 0. The highest BCUT2D eigenvalue weighted by Gasteiger charge is 2.31. The first-order valence-electron chi connectivity index (χ1n) is 6.82. The number of para-hydroxylation sites is 1. The van der Waals surface area contributed by atoms with Crippen molar-refractivity contribution in [3.05, 3.63) is 29.3 Å². The van der Waals surface area contributed by atoms with Crippen molar-refractivity contribution in [3.63, 3.8) is 0 Å². The number of carbonyl (C=O) groups excluding carboxylic acids is 1. The third kappa shape index (κ3) is 1.93. The van der Waals surface area contributed by atoms with Gasteiger partial charge in [0.05, 0.1) is 12.2 Å². The summed E-state index contributed by atoms with van der Waals surface area (Å²) in [5, 5.41) is 0. The second kappa shape index (κ2) is 4.73. The number of Topliss-reactive ketones (excluding diaryl/α,β-unsaturated/α-hetero) is 1. The molecule has 2 aliphatic rings. The fourth-order valence-electron chi connectivity index (χ4n) is 3.09. The number of hydrogen-bond acceptors (Lipinski definition) is 3. The van der Waals surface area contributed by atoms with E-state index in [9.17, 15) is 4.79 Å². The standard InChI is InChI=1S/C15H19NO2/c16-13-7-2-1-5-11(13)14(17)12-6-3-4-10-8-9-18-15(10)12/h3-4,6,11,13H,1-2,5,7-9,16H2. The van der Waals surface area contributed by atoms with E-state index in [0.717, 1.165) is 49.0 Å². The van der Waals surface area contributed by atoms with Gasteiger partial charge in [-0.15, -0.1) is 0 Å². The number of hydrogen-bond donors (Lipinski definition) is 1. The molecule has 3 nitrogen and oxygen atoms in total. The Labute approximate surface area is 107 Å². The summed E-state index contributed by atoms with van der Waals surface area (Å²) in [5.41, 5.74) is 8.00. The third-order valence-electron chi connectivity index (χ3n) is 4.14. The van der Waals surface area contributed by atoms with Crippen LogP contribution < -0.4 is 10.5 Å². The van der Waals surface area contributed by atoms with Crippen LogP contribution in [0.2, 0.25) is 0 Å². The lowest BCUT2D eigenvalue weighted by molar-refractivity contribution is 0.0868. The van der Waals surface area contributed by atoms with Crippen LogP contribution in [-0.2, 0) is 6.42 Å². The molecular formula is C15H19NO2. The summed E-state index contributed by atoms with van der Waals surface area (Å²) in [4.78, 5) is 12.6. The second-order valence-electron chi connectivity index (χ2n) is 5.31. The highest BCUT2D eigenvalue weighted by Crippen LogP contribution is 2.34. The number of nitrogens with two attached hydrogens (primary N) is 1. The van der Waals surface area contributed by atoms with E-state index in [1.807, 2.05) is 18.2 Å². The molecule has 18 heavy (non-hydrogen) atoms. The number of rotatable bonds is 2. The van der Waals surface area contributed by atoms with Gasteiger partial charge in [0.25, 0.3) is 0 Å². The lowest BCUT2D eigenvalue weighted by Gasteiger charge is -2.27. The van der Waals surface area contributed by atoms with Gasteiger partial charge in [0.2, 0.25) is 0 Å². The van der Waals surface area contributed by atoms with Crippen molar-refractivity contribution in [2.24, 2.45) is 11.7 Å². The molecule has 1 heterocycles. The topological polar surface area (TPSA) is 52.3 Å². The second-order valence-corrected chi connectivity index (χ2v) is 5.31. The lowest BCUT2D eigenvalue weighted by atomic mass is 9.80. The molecule has 96 valence electrons. The van der Waals surface area contributed by atoms with Crippen LogP contribution >= 0.6 is 0 Å². The molecule has 2 N–H and O–H groups in total. The van der Waals surface area contributed by atoms with E-state index in [0.29, 0.717) is 6.61 Å². The maximum atomic E-state index is 12.6. The summed E-state index contributed by atoms with van der Waals surface area (Å²) < 4.78 is 5.62. The molecule has 0 aromatic heterocycles. The van der Waals surface area contributed by atoms with Crippen molar-refractivity contribution >= 4 is 5.78 Å². The van der Waals surface area contributed by atoms with Crippen LogP contribution in [0.25, 0.3) is 0 Å². The molecule has 1 fully saturated rings. The van der Waals surface area contributed by atoms with Gasteiger partial charge in [0.15, 0.2) is 5.78 Å². The number of carbonyl (C=O) groups is 1. The van der Waals surface area contributed by atoms with E-state index in [-0.39, 0.29) is 17.7 Å². The highest BCUT2D eigenvalue weighted by molar-refractivity contribution is 6.01. The fourth-order valence-corrected chi connectivity index (χ4v) is 3.09. The molecule has 1 aromatic rings. The molecule has 0 bridgehead atoms. The largest absolute Gasteiger partial charge is 0.492 e. The summed E-state index contributed by atoms with van der Waals surface area (Å²) >= 11 is 0. The molecule has 2 atom stereocenters. The van der Waals surface area contributed by atoms with E-state index < -0.39 is 0 Å². The Morgan fingerprint density at radius 2 is 2.11 bits per heavy atom. The van der Waals surface area contributed by atoms with E-state index in [2.05, 4.69) is 0 Å². The number of ether oxygens (including phenoxy) is 1. The summed E-state index contributed by atoms with van der Waals surface area (Å²) in [6, 6.07) is 5.89. The molecule has 0 radical (unpaired) electrons. The van der Waals surface area contributed by atoms with E-state index in [4.69, 9.17) is 10.5 Å². The van der Waals surface area contributed by atoms with Gasteiger partial charge in [-0.05, 0) is 24.5 Å². The van der Waals surface area contributed by atoms with Gasteiger partial charge in [-0.1, -0.05) is 25.0 Å². The molecule has 0 saturated heterocycles. The Morgan fingerprint density at radius 1 is 1.28 bits per heavy atom. The van der Waals surface area contributed by atoms with Gasteiger partial charge >= 0.3 is 0 Å². The summed E-state index contributed by atoms with van der Waals surface area (Å²) in [5.74, 6) is 0.968. The zero-order valence-corrected chi connectivity index (χ0v) is 10.5. The average Bonchev–Trinajstić information content (AvgIpc) is 2.86. The van der Waals surface area contributed by atoms with E-state index in [1.165, 1.54) is 0 Å². The Balaban J connectivity index is 1.90. The fraction of sp³-hybridized carbons (Fsp3) is 0.533. The molecule has 0 spiro atoms. The zero-order valence-electron chi connectivity index (χ0n) is 10.5. The van der Waals surface area contributed by atoms with Crippen LogP contribution in [0, 0.1) is 5.92 Å². The molecule has 3 heteroatoms. The van der Waals surface area contributed by atoms with Crippen molar-refractivity contribution in [1.29, 1.82) is 0 Å². The van der Waals surface area contributed by atoms with Gasteiger partial charge in [0, 0.05) is 18.4 Å². The van der Waals surface area contributed by atoms with Crippen molar-refractivity contribution in [2.75, 3.05) is 6.61 Å². The third-order valence-corrected chi connectivity index (χ3v) is 4.14. The minimum atomic E-state index is -0.0190. The Morgan fingerprint density at radius 3 is 2.94 bits per heavy atom. The maximum absolute atomic E-state index is 12.6.